The predicted octanol–water partition coefficient (Wildman–Crippen LogP) is 4.24. The topological polar surface area (TPSA) is 92.4 Å². The van der Waals surface area contributed by atoms with Crippen molar-refractivity contribution >= 4 is 23.0 Å². The van der Waals surface area contributed by atoms with E-state index < -0.39 is 0 Å². The van der Waals surface area contributed by atoms with Crippen LogP contribution in [0.3, 0.4) is 0 Å². The Bertz CT molecular complexity index is 1310. The van der Waals surface area contributed by atoms with Gasteiger partial charge in [-0.3, -0.25) is 4.79 Å². The van der Waals surface area contributed by atoms with Gasteiger partial charge in [-0.25, -0.2) is 14.1 Å². The van der Waals surface area contributed by atoms with E-state index in [1.165, 1.54) is 18.2 Å². The third-order valence-corrected chi connectivity index (χ3v) is 4.99. The third-order valence-electron chi connectivity index (χ3n) is 4.99. The van der Waals surface area contributed by atoms with Crippen molar-refractivity contribution in [3.63, 3.8) is 0 Å². The number of phenols is 1. The molecule has 2 N–H and O–H groups in total. The lowest BCUT2D eigenvalue weighted by atomic mass is 10.0. The van der Waals surface area contributed by atoms with Crippen LogP contribution in [0.25, 0.3) is 16.8 Å². The van der Waals surface area contributed by atoms with Gasteiger partial charge >= 0.3 is 0 Å². The molecule has 0 saturated heterocycles. The van der Waals surface area contributed by atoms with Gasteiger partial charge in [-0.15, -0.1) is 5.10 Å². The summed E-state index contributed by atoms with van der Waals surface area (Å²) in [5, 5.41) is 21.2. The van der Waals surface area contributed by atoms with Gasteiger partial charge in [-0.1, -0.05) is 29.5 Å². The van der Waals surface area contributed by atoms with E-state index >= 15 is 0 Å². The number of amides is 1. The summed E-state index contributed by atoms with van der Waals surface area (Å²) < 4.78 is 14.9. The first kappa shape index (κ1) is 18.7. The number of aromatic nitrogens is 3. The summed E-state index contributed by atoms with van der Waals surface area (Å²) in [5.74, 6) is -0.603. The molecule has 0 atom stereocenters. The first-order valence-corrected chi connectivity index (χ1v) is 9.54. The molecule has 1 amide bonds. The molecule has 1 aromatic heterocycles. The summed E-state index contributed by atoms with van der Waals surface area (Å²) in [6.07, 6.45) is 3.38. The van der Waals surface area contributed by atoms with Crippen LogP contribution >= 0.6 is 0 Å². The molecule has 0 fully saturated rings. The molecule has 0 aliphatic carbocycles. The molecule has 0 saturated carbocycles. The fourth-order valence-electron chi connectivity index (χ4n) is 3.50. The van der Waals surface area contributed by atoms with Crippen LogP contribution in [0.2, 0.25) is 0 Å². The number of nitrogens with one attached hydrogen (secondary N) is 1. The summed E-state index contributed by atoms with van der Waals surface area (Å²) in [6.45, 7) is 0. The molecular formula is C23H16FN5O2. The Morgan fingerprint density at radius 1 is 1.03 bits per heavy atom. The van der Waals surface area contributed by atoms with Crippen molar-refractivity contribution in [1.82, 2.24) is 15.0 Å². The van der Waals surface area contributed by atoms with Gasteiger partial charge in [-0.05, 0) is 41.5 Å². The van der Waals surface area contributed by atoms with Crippen LogP contribution in [0.1, 0.15) is 12.0 Å². The van der Waals surface area contributed by atoms with E-state index in [9.17, 15) is 14.3 Å². The summed E-state index contributed by atoms with van der Waals surface area (Å²) >= 11 is 0. The summed E-state index contributed by atoms with van der Waals surface area (Å²) in [7, 11) is 0. The number of nitrogens with zero attached hydrogens (tertiary/aromatic N) is 4. The Kier molecular flexibility index (Phi) is 4.51. The number of benzene rings is 3. The van der Waals surface area contributed by atoms with Crippen LogP contribution < -0.4 is 5.32 Å². The Hall–Kier alpha value is -4.33. The Morgan fingerprint density at radius 3 is 2.65 bits per heavy atom. The van der Waals surface area contributed by atoms with E-state index in [1.54, 1.807) is 35.3 Å². The maximum absolute atomic E-state index is 13.3. The zero-order chi connectivity index (χ0) is 21.4. The lowest BCUT2D eigenvalue weighted by Crippen LogP contribution is -2.15. The van der Waals surface area contributed by atoms with Crippen LogP contribution in [0, 0.1) is 5.82 Å². The van der Waals surface area contributed by atoms with E-state index in [0.29, 0.717) is 28.2 Å². The highest BCUT2D eigenvalue weighted by Crippen LogP contribution is 2.40. The van der Waals surface area contributed by atoms with Crippen molar-refractivity contribution < 1.29 is 14.3 Å². The van der Waals surface area contributed by atoms with Crippen molar-refractivity contribution in [3.8, 4) is 22.6 Å². The number of carbonyl (C=O) groups excluding carboxylic acids is 1. The SMILES string of the molecule is O=C1CC(c2cccc(-n3ccnn3)c2)=Nc2cc(O)c(-c3ccc(F)cc3)cc2N1. The lowest BCUT2D eigenvalue weighted by Gasteiger charge is -2.10. The molecule has 2 heterocycles. The van der Waals surface area contributed by atoms with Crippen LogP contribution in [-0.2, 0) is 4.79 Å². The highest BCUT2D eigenvalue weighted by Gasteiger charge is 2.20. The second-order valence-electron chi connectivity index (χ2n) is 7.07. The van der Waals surface area contributed by atoms with E-state index in [4.69, 9.17) is 0 Å². The van der Waals surface area contributed by atoms with Crippen LogP contribution in [0.15, 0.2) is 78.0 Å². The molecule has 7 nitrogen and oxygen atoms in total. The lowest BCUT2D eigenvalue weighted by molar-refractivity contribution is -0.115. The number of fused-ring (bicyclic) bond motifs is 1. The number of rotatable bonds is 3. The van der Waals surface area contributed by atoms with Crippen molar-refractivity contribution in [3.05, 3.63) is 84.4 Å². The van der Waals surface area contributed by atoms with Gasteiger partial charge < -0.3 is 10.4 Å². The van der Waals surface area contributed by atoms with Gasteiger partial charge in [0.25, 0.3) is 0 Å². The number of anilines is 1. The summed E-state index contributed by atoms with van der Waals surface area (Å²) in [6, 6.07) is 16.4. The molecular weight excluding hydrogens is 397 g/mol. The van der Waals surface area contributed by atoms with Crippen molar-refractivity contribution in [2.24, 2.45) is 4.99 Å². The van der Waals surface area contributed by atoms with Crippen LogP contribution in [-0.4, -0.2) is 31.7 Å². The Morgan fingerprint density at radius 2 is 1.87 bits per heavy atom. The minimum absolute atomic E-state index is 0.0130. The van der Waals surface area contributed by atoms with Gasteiger partial charge in [0.2, 0.25) is 5.91 Å². The number of hydrogen-bond acceptors (Lipinski definition) is 5. The van der Waals surface area contributed by atoms with E-state index in [-0.39, 0.29) is 23.9 Å². The average molecular weight is 413 g/mol. The van der Waals surface area contributed by atoms with Crippen molar-refractivity contribution in [1.29, 1.82) is 0 Å². The number of hydrogen-bond donors (Lipinski definition) is 2. The van der Waals surface area contributed by atoms with Gasteiger partial charge in [0.15, 0.2) is 0 Å². The normalized spacial score (nSPS) is 13.2. The molecule has 8 heteroatoms. The zero-order valence-corrected chi connectivity index (χ0v) is 16.2. The van der Waals surface area contributed by atoms with E-state index in [0.717, 1.165) is 11.3 Å². The smallest absolute Gasteiger partial charge is 0.230 e. The van der Waals surface area contributed by atoms with Gasteiger partial charge in [0, 0.05) is 11.6 Å². The second-order valence-corrected chi connectivity index (χ2v) is 7.07. The standard InChI is InChI=1S/C23H16FN5O2/c24-16-6-4-14(5-7-16)18-11-20-21(12-22(18)30)26-19(13-23(31)27-20)15-2-1-3-17(10-15)29-9-8-25-28-29/h1-12,30H,13H2,(H,27,31). The fourth-order valence-corrected chi connectivity index (χ4v) is 3.50. The summed E-state index contributed by atoms with van der Waals surface area (Å²) in [5.41, 5.74) is 4.14. The largest absolute Gasteiger partial charge is 0.507 e. The molecule has 5 rings (SSSR count). The second kappa shape index (κ2) is 7.49. The van der Waals surface area contributed by atoms with Crippen LogP contribution in [0.4, 0.5) is 15.8 Å². The Labute approximate surface area is 176 Å². The number of halogens is 1. The number of carbonyl (C=O) groups is 1. The monoisotopic (exact) mass is 413 g/mol. The Balaban J connectivity index is 1.58. The quantitative estimate of drug-likeness (QED) is 0.492. The molecule has 4 aromatic rings. The number of aromatic hydroxyl groups is 1. The maximum Gasteiger partial charge on any atom is 0.230 e. The van der Waals surface area contributed by atoms with Crippen molar-refractivity contribution in [2.75, 3.05) is 5.32 Å². The number of aliphatic imine (C=N–C) groups is 1. The maximum atomic E-state index is 13.3. The molecule has 3 aromatic carbocycles. The first-order valence-electron chi connectivity index (χ1n) is 9.54. The first-order chi connectivity index (χ1) is 15.1. The third kappa shape index (κ3) is 3.66. The predicted molar refractivity (Wildman–Crippen MR) is 114 cm³/mol. The summed E-state index contributed by atoms with van der Waals surface area (Å²) in [4.78, 5) is 17.2. The molecule has 31 heavy (non-hydrogen) atoms. The zero-order valence-electron chi connectivity index (χ0n) is 16.2. The highest BCUT2D eigenvalue weighted by atomic mass is 19.1. The highest BCUT2D eigenvalue weighted by molar-refractivity contribution is 6.17. The van der Waals surface area contributed by atoms with E-state index in [1.807, 2.05) is 24.3 Å². The molecule has 0 bridgehead atoms. The van der Waals surface area contributed by atoms with Crippen molar-refractivity contribution in [2.45, 2.75) is 6.42 Å². The molecule has 0 unspecified atom stereocenters. The fraction of sp³-hybridized carbons (Fsp3) is 0.0435. The van der Waals surface area contributed by atoms with Gasteiger partial charge in [0.1, 0.15) is 11.6 Å². The molecule has 152 valence electrons. The van der Waals surface area contributed by atoms with Gasteiger partial charge in [0.05, 0.1) is 41.6 Å². The minimum Gasteiger partial charge on any atom is -0.507 e. The van der Waals surface area contributed by atoms with E-state index in [2.05, 4.69) is 20.6 Å². The van der Waals surface area contributed by atoms with Gasteiger partial charge in [-0.2, -0.15) is 0 Å². The molecule has 0 radical (unpaired) electrons. The minimum atomic E-state index is -0.367. The number of phenolic OH excluding ortho intramolecular Hbond substituents is 1. The van der Waals surface area contributed by atoms with Crippen LogP contribution in [0.5, 0.6) is 5.75 Å². The average Bonchev–Trinajstić information content (AvgIpc) is 3.25. The molecule has 0 spiro atoms. The molecule has 1 aliphatic rings. The molecule has 1 aliphatic heterocycles.